The lowest BCUT2D eigenvalue weighted by Crippen LogP contribution is -2.23. The highest BCUT2D eigenvalue weighted by molar-refractivity contribution is 5.94. The average molecular weight is 373 g/mol. The number of rotatable bonds is 4. The monoisotopic (exact) mass is 372 g/mol. The van der Waals surface area contributed by atoms with Gasteiger partial charge in [-0.2, -0.15) is 0 Å². The molecule has 0 aromatic heterocycles. The van der Waals surface area contributed by atoms with Crippen molar-refractivity contribution in [2.24, 2.45) is 0 Å². The summed E-state index contributed by atoms with van der Waals surface area (Å²) in [7, 11) is 0. The third-order valence-electron chi connectivity index (χ3n) is 5.13. The number of nitrogens with one attached hydrogen (secondary N) is 2. The Hall–Kier alpha value is -2.04. The van der Waals surface area contributed by atoms with Crippen LogP contribution in [0.3, 0.4) is 0 Å². The topological polar surface area (TPSA) is 50.4 Å². The standard InChI is InChI=1S/C21H24N2O2.ClH/c24-21(17-6-4-16(5-7-17)19-9-10-22-14-19)23-13-15-3-8-20-18(12-15)2-1-11-25-20;/h3-8,12,19,22H,1-2,9-11,13-14H2,(H,23,24);1H. The van der Waals surface area contributed by atoms with Crippen molar-refractivity contribution in [2.45, 2.75) is 31.7 Å². The zero-order chi connectivity index (χ0) is 17.1. The molecule has 2 aromatic rings. The van der Waals surface area contributed by atoms with Crippen LogP contribution in [0.4, 0.5) is 0 Å². The molecule has 0 aliphatic carbocycles. The molecule has 0 radical (unpaired) electrons. The number of hydrogen-bond acceptors (Lipinski definition) is 3. The van der Waals surface area contributed by atoms with E-state index in [1.807, 2.05) is 24.3 Å². The van der Waals surface area contributed by atoms with Gasteiger partial charge < -0.3 is 15.4 Å². The van der Waals surface area contributed by atoms with Crippen molar-refractivity contribution < 1.29 is 9.53 Å². The van der Waals surface area contributed by atoms with Crippen LogP contribution in [0.5, 0.6) is 5.75 Å². The molecule has 2 N–H and O–H groups in total. The second-order valence-corrected chi connectivity index (χ2v) is 6.89. The highest BCUT2D eigenvalue weighted by atomic mass is 35.5. The second kappa shape index (κ2) is 8.56. The number of ether oxygens (including phenoxy) is 1. The lowest BCUT2D eigenvalue weighted by atomic mass is 9.97. The van der Waals surface area contributed by atoms with Gasteiger partial charge in [0, 0.05) is 18.7 Å². The number of benzene rings is 2. The van der Waals surface area contributed by atoms with Crippen LogP contribution in [-0.4, -0.2) is 25.6 Å². The molecule has 2 aliphatic rings. The maximum atomic E-state index is 12.4. The van der Waals surface area contributed by atoms with Gasteiger partial charge in [0.25, 0.3) is 5.91 Å². The van der Waals surface area contributed by atoms with Crippen LogP contribution in [0.25, 0.3) is 0 Å². The van der Waals surface area contributed by atoms with Crippen molar-refractivity contribution in [3.8, 4) is 5.75 Å². The molecule has 1 amide bonds. The highest BCUT2D eigenvalue weighted by Gasteiger charge is 2.17. The highest BCUT2D eigenvalue weighted by Crippen LogP contribution is 2.25. The molecule has 5 heteroatoms. The first kappa shape index (κ1) is 18.7. The Morgan fingerprint density at radius 3 is 2.81 bits per heavy atom. The third-order valence-corrected chi connectivity index (χ3v) is 5.13. The maximum Gasteiger partial charge on any atom is 0.251 e. The fourth-order valence-corrected chi connectivity index (χ4v) is 3.65. The maximum absolute atomic E-state index is 12.4. The molecule has 1 unspecified atom stereocenters. The number of halogens is 1. The van der Waals surface area contributed by atoms with Crippen molar-refractivity contribution in [3.63, 3.8) is 0 Å². The molecule has 4 rings (SSSR count). The van der Waals surface area contributed by atoms with Crippen LogP contribution in [-0.2, 0) is 13.0 Å². The van der Waals surface area contributed by atoms with Crippen molar-refractivity contribution >= 4 is 18.3 Å². The van der Waals surface area contributed by atoms with E-state index >= 15 is 0 Å². The SMILES string of the molecule is Cl.O=C(NCc1ccc2c(c1)CCCO2)c1ccc(C2CCNC2)cc1. The van der Waals surface area contributed by atoms with E-state index in [0.29, 0.717) is 12.5 Å². The number of fused-ring (bicyclic) bond motifs is 1. The fourth-order valence-electron chi connectivity index (χ4n) is 3.65. The Kier molecular flexibility index (Phi) is 6.17. The minimum atomic E-state index is -0.0231. The third kappa shape index (κ3) is 4.19. The van der Waals surface area contributed by atoms with E-state index in [4.69, 9.17) is 4.74 Å². The second-order valence-electron chi connectivity index (χ2n) is 6.89. The van der Waals surface area contributed by atoms with Gasteiger partial charge >= 0.3 is 0 Å². The summed E-state index contributed by atoms with van der Waals surface area (Å²) in [6.07, 6.45) is 3.29. The van der Waals surface area contributed by atoms with Crippen LogP contribution < -0.4 is 15.4 Å². The van der Waals surface area contributed by atoms with Crippen LogP contribution in [0.15, 0.2) is 42.5 Å². The minimum Gasteiger partial charge on any atom is -0.493 e. The molecule has 4 nitrogen and oxygen atoms in total. The van der Waals surface area contributed by atoms with Crippen LogP contribution in [0.2, 0.25) is 0 Å². The number of amides is 1. The first-order valence-corrected chi connectivity index (χ1v) is 9.13. The summed E-state index contributed by atoms with van der Waals surface area (Å²) in [4.78, 5) is 12.4. The van der Waals surface area contributed by atoms with Gasteiger partial charge in [-0.15, -0.1) is 12.4 Å². The van der Waals surface area contributed by atoms with E-state index in [1.165, 1.54) is 17.5 Å². The van der Waals surface area contributed by atoms with E-state index in [1.54, 1.807) is 0 Å². The molecular formula is C21H25ClN2O2. The lowest BCUT2D eigenvalue weighted by molar-refractivity contribution is 0.0951. The molecule has 26 heavy (non-hydrogen) atoms. The predicted molar refractivity (Wildman–Crippen MR) is 105 cm³/mol. The molecule has 1 saturated heterocycles. The van der Waals surface area contributed by atoms with E-state index < -0.39 is 0 Å². The zero-order valence-electron chi connectivity index (χ0n) is 14.8. The van der Waals surface area contributed by atoms with Crippen LogP contribution in [0.1, 0.15) is 45.8 Å². The Balaban J connectivity index is 0.00000196. The number of hydrogen-bond donors (Lipinski definition) is 2. The molecule has 138 valence electrons. The number of carbonyl (C=O) groups is 1. The van der Waals surface area contributed by atoms with Gasteiger partial charge in [-0.05, 0) is 66.6 Å². The summed E-state index contributed by atoms with van der Waals surface area (Å²) in [5.41, 5.74) is 4.39. The molecular weight excluding hydrogens is 348 g/mol. The molecule has 0 saturated carbocycles. The van der Waals surface area contributed by atoms with Gasteiger partial charge in [-0.25, -0.2) is 0 Å². The van der Waals surface area contributed by atoms with Gasteiger partial charge in [-0.1, -0.05) is 24.3 Å². The minimum absolute atomic E-state index is 0. The Labute approximate surface area is 160 Å². The van der Waals surface area contributed by atoms with Crippen LogP contribution in [0, 0.1) is 0 Å². The summed E-state index contributed by atoms with van der Waals surface area (Å²) in [6, 6.07) is 14.2. The summed E-state index contributed by atoms with van der Waals surface area (Å²) in [6.45, 7) is 3.46. The Bertz CT molecular complexity index is 755. The van der Waals surface area contributed by atoms with E-state index in [-0.39, 0.29) is 18.3 Å². The average Bonchev–Trinajstić information content (AvgIpc) is 3.21. The van der Waals surface area contributed by atoms with Gasteiger partial charge in [-0.3, -0.25) is 4.79 Å². The molecule has 2 aliphatic heterocycles. The largest absolute Gasteiger partial charge is 0.493 e. The van der Waals surface area contributed by atoms with E-state index in [9.17, 15) is 4.79 Å². The first-order valence-electron chi connectivity index (χ1n) is 9.13. The smallest absolute Gasteiger partial charge is 0.251 e. The summed E-state index contributed by atoms with van der Waals surface area (Å²) in [5.74, 6) is 1.54. The summed E-state index contributed by atoms with van der Waals surface area (Å²) < 4.78 is 5.63. The molecule has 2 heterocycles. The van der Waals surface area contributed by atoms with Gasteiger partial charge in [0.15, 0.2) is 0 Å². The molecule has 1 fully saturated rings. The zero-order valence-corrected chi connectivity index (χ0v) is 15.6. The molecule has 0 bridgehead atoms. The van der Waals surface area contributed by atoms with Gasteiger partial charge in [0.2, 0.25) is 0 Å². The van der Waals surface area contributed by atoms with Crippen molar-refractivity contribution in [1.29, 1.82) is 0 Å². The summed E-state index contributed by atoms with van der Waals surface area (Å²) in [5, 5.41) is 6.40. The van der Waals surface area contributed by atoms with Gasteiger partial charge in [0.1, 0.15) is 5.75 Å². The van der Waals surface area contributed by atoms with Crippen molar-refractivity contribution in [1.82, 2.24) is 10.6 Å². The lowest BCUT2D eigenvalue weighted by Gasteiger charge is -2.18. The van der Waals surface area contributed by atoms with Crippen molar-refractivity contribution in [2.75, 3.05) is 19.7 Å². The normalized spacial score (nSPS) is 18.4. The molecule has 1 atom stereocenters. The predicted octanol–water partition coefficient (Wildman–Crippen LogP) is 3.44. The van der Waals surface area contributed by atoms with E-state index in [0.717, 1.165) is 49.4 Å². The summed E-state index contributed by atoms with van der Waals surface area (Å²) >= 11 is 0. The molecule has 0 spiro atoms. The van der Waals surface area contributed by atoms with E-state index in [2.05, 4.69) is 28.8 Å². The Morgan fingerprint density at radius 2 is 2.04 bits per heavy atom. The van der Waals surface area contributed by atoms with Gasteiger partial charge in [0.05, 0.1) is 6.61 Å². The number of aryl methyl sites for hydroxylation is 1. The number of carbonyl (C=O) groups excluding carboxylic acids is 1. The van der Waals surface area contributed by atoms with Crippen LogP contribution >= 0.6 is 12.4 Å². The van der Waals surface area contributed by atoms with Crippen molar-refractivity contribution in [3.05, 3.63) is 64.7 Å². The Morgan fingerprint density at radius 1 is 1.19 bits per heavy atom. The first-order chi connectivity index (χ1) is 12.3. The molecule has 2 aromatic carbocycles. The fraction of sp³-hybridized carbons (Fsp3) is 0.381. The quantitative estimate of drug-likeness (QED) is 0.864.